The van der Waals surface area contributed by atoms with Crippen molar-refractivity contribution in [3.63, 3.8) is 0 Å². The number of benzene rings is 1. The van der Waals surface area contributed by atoms with E-state index in [1.165, 1.54) is 24.8 Å². The average Bonchev–Trinajstić information content (AvgIpc) is 3.64. The molecule has 2 bridgehead atoms. The van der Waals surface area contributed by atoms with Gasteiger partial charge in [-0.15, -0.1) is 0 Å². The number of carbonyl (C=O) groups excluding carboxylic acids is 3. The first-order valence-corrected chi connectivity index (χ1v) is 16.4. The Bertz CT molecular complexity index is 1190. The highest BCUT2D eigenvalue weighted by Crippen LogP contribution is 2.55. The summed E-state index contributed by atoms with van der Waals surface area (Å²) in [5.74, 6) is -1.49. The van der Waals surface area contributed by atoms with E-state index in [-0.39, 0.29) is 23.8 Å². The van der Waals surface area contributed by atoms with E-state index in [0.717, 1.165) is 51.6 Å². The van der Waals surface area contributed by atoms with E-state index >= 15 is 0 Å². The maximum atomic E-state index is 14.3. The molecule has 4 heterocycles. The van der Waals surface area contributed by atoms with E-state index in [2.05, 4.69) is 36.3 Å². The minimum atomic E-state index is -1.12. The minimum absolute atomic E-state index is 0.126. The van der Waals surface area contributed by atoms with Gasteiger partial charge in [-0.05, 0) is 62.3 Å². The lowest BCUT2D eigenvalue weighted by Crippen LogP contribution is -2.57. The van der Waals surface area contributed by atoms with E-state index in [9.17, 15) is 14.4 Å². The molecular formula is C34H48N4O4. The highest BCUT2D eigenvalue weighted by molar-refractivity contribution is 6.02. The second-order valence-electron chi connectivity index (χ2n) is 13.4. The van der Waals surface area contributed by atoms with Crippen LogP contribution in [0, 0.1) is 11.8 Å². The third kappa shape index (κ3) is 5.30. The number of carbonyl (C=O) groups is 3. The fourth-order valence-corrected chi connectivity index (χ4v) is 8.26. The Morgan fingerprint density at radius 1 is 1.00 bits per heavy atom. The molecular weight excluding hydrogens is 528 g/mol. The zero-order chi connectivity index (χ0) is 29.4. The maximum Gasteiger partial charge on any atom is 0.246 e. The number of anilines is 1. The largest absolute Gasteiger partial charge is 0.359 e. The number of ether oxygens (including phenoxy) is 1. The Morgan fingerprint density at radius 2 is 1.74 bits per heavy atom. The number of piperidine rings is 1. The smallest absolute Gasteiger partial charge is 0.246 e. The summed E-state index contributed by atoms with van der Waals surface area (Å²) >= 11 is 0. The van der Waals surface area contributed by atoms with Crippen LogP contribution in [0.2, 0.25) is 0 Å². The molecule has 8 heteroatoms. The molecule has 42 heavy (non-hydrogen) atoms. The summed E-state index contributed by atoms with van der Waals surface area (Å²) in [6.07, 6.45) is 13.3. The monoisotopic (exact) mass is 576 g/mol. The van der Waals surface area contributed by atoms with E-state index < -0.39 is 29.6 Å². The molecule has 4 fully saturated rings. The third-order valence-electron chi connectivity index (χ3n) is 10.6. The fourth-order valence-electron chi connectivity index (χ4n) is 8.26. The lowest BCUT2D eigenvalue weighted by molar-refractivity contribution is -0.141. The Kier molecular flexibility index (Phi) is 8.47. The molecule has 6 atom stereocenters. The SMILES string of the molecule is CCC1CCCCN1CCN1C(=O)[C@H]2C(C(=O)Nc3ccc(C(C)C)cc3)[C@H]3C=CC2(O3)C1C(=O)NC1CCCCC1. The van der Waals surface area contributed by atoms with Gasteiger partial charge in [0, 0.05) is 30.9 Å². The van der Waals surface area contributed by atoms with Gasteiger partial charge in [0.05, 0.1) is 17.9 Å². The van der Waals surface area contributed by atoms with Crippen LogP contribution in [0.1, 0.15) is 90.0 Å². The van der Waals surface area contributed by atoms with Crippen LogP contribution in [0.3, 0.4) is 0 Å². The third-order valence-corrected chi connectivity index (χ3v) is 10.6. The first kappa shape index (κ1) is 29.4. The van der Waals surface area contributed by atoms with Gasteiger partial charge in [-0.2, -0.15) is 0 Å². The number of nitrogens with zero attached hydrogens (tertiary/aromatic N) is 2. The standard InChI is InChI=1S/C34H48N4O4/c1-4-26-12-8-9-19-37(26)20-21-38-30(32(40)36-24-10-6-5-7-11-24)34-18-17-27(42-34)28(29(34)33(38)41)31(39)35-25-15-13-23(14-16-25)22(2)3/h13-18,22,24,26-30H,4-12,19-21H2,1-3H3,(H,35,39)(H,36,40)/t26?,27-,28?,29-,30?,34?/m1/s1. The maximum absolute atomic E-state index is 14.3. The summed E-state index contributed by atoms with van der Waals surface area (Å²) in [7, 11) is 0. The molecule has 1 aliphatic carbocycles. The van der Waals surface area contributed by atoms with Crippen LogP contribution in [0.5, 0.6) is 0 Å². The van der Waals surface area contributed by atoms with Crippen molar-refractivity contribution in [3.05, 3.63) is 42.0 Å². The van der Waals surface area contributed by atoms with E-state index in [1.807, 2.05) is 36.4 Å². The van der Waals surface area contributed by atoms with Crippen molar-refractivity contribution >= 4 is 23.4 Å². The summed E-state index contributed by atoms with van der Waals surface area (Å²) in [6, 6.07) is 7.75. The normalized spacial score (nSPS) is 32.9. The van der Waals surface area contributed by atoms with Crippen LogP contribution in [-0.4, -0.2) is 77.0 Å². The molecule has 3 amide bonds. The summed E-state index contributed by atoms with van der Waals surface area (Å²) < 4.78 is 6.55. The molecule has 1 saturated carbocycles. The topological polar surface area (TPSA) is 91.0 Å². The summed E-state index contributed by atoms with van der Waals surface area (Å²) in [6.45, 7) is 8.71. The van der Waals surface area contributed by atoms with Gasteiger partial charge in [0.15, 0.2) is 0 Å². The second-order valence-corrected chi connectivity index (χ2v) is 13.4. The first-order valence-electron chi connectivity index (χ1n) is 16.4. The lowest BCUT2D eigenvalue weighted by atomic mass is 9.74. The Hall–Kier alpha value is -2.71. The molecule has 0 aromatic heterocycles. The van der Waals surface area contributed by atoms with Crippen molar-refractivity contribution in [3.8, 4) is 0 Å². The van der Waals surface area contributed by atoms with Gasteiger partial charge in [0.25, 0.3) is 0 Å². The van der Waals surface area contributed by atoms with Crippen LogP contribution in [0.15, 0.2) is 36.4 Å². The number of amides is 3. The van der Waals surface area contributed by atoms with Gasteiger partial charge in [-0.1, -0.05) is 70.7 Å². The second kappa shape index (κ2) is 12.1. The molecule has 1 aromatic carbocycles. The van der Waals surface area contributed by atoms with Gasteiger partial charge < -0.3 is 20.3 Å². The minimum Gasteiger partial charge on any atom is -0.359 e. The van der Waals surface area contributed by atoms with Crippen LogP contribution in [0.4, 0.5) is 5.69 Å². The molecule has 2 N–H and O–H groups in total. The Labute approximate surface area is 250 Å². The average molecular weight is 577 g/mol. The van der Waals surface area contributed by atoms with Gasteiger partial charge in [0.1, 0.15) is 11.6 Å². The molecule has 5 aliphatic rings. The van der Waals surface area contributed by atoms with Crippen molar-refractivity contribution < 1.29 is 19.1 Å². The van der Waals surface area contributed by atoms with Crippen LogP contribution >= 0.6 is 0 Å². The van der Waals surface area contributed by atoms with Crippen molar-refractivity contribution in [2.24, 2.45) is 11.8 Å². The highest BCUT2D eigenvalue weighted by atomic mass is 16.5. The fraction of sp³-hybridized carbons (Fsp3) is 0.676. The summed E-state index contributed by atoms with van der Waals surface area (Å²) in [4.78, 5) is 46.4. The molecule has 1 spiro atoms. The zero-order valence-corrected chi connectivity index (χ0v) is 25.5. The van der Waals surface area contributed by atoms with Gasteiger partial charge in [-0.3, -0.25) is 19.3 Å². The first-order chi connectivity index (χ1) is 20.3. The number of fused-ring (bicyclic) bond motifs is 1. The van der Waals surface area contributed by atoms with Crippen LogP contribution in [-0.2, 0) is 19.1 Å². The number of hydrogen-bond acceptors (Lipinski definition) is 5. The number of likely N-dealkylation sites (tertiary alicyclic amines) is 2. The number of rotatable bonds is 9. The molecule has 4 aliphatic heterocycles. The van der Waals surface area contributed by atoms with E-state index in [1.54, 1.807) is 4.90 Å². The molecule has 0 radical (unpaired) electrons. The molecule has 8 nitrogen and oxygen atoms in total. The van der Waals surface area contributed by atoms with Crippen LogP contribution in [0.25, 0.3) is 0 Å². The predicted octanol–water partition coefficient (Wildman–Crippen LogP) is 4.61. The van der Waals surface area contributed by atoms with Gasteiger partial charge in [-0.25, -0.2) is 0 Å². The summed E-state index contributed by atoms with van der Waals surface area (Å²) in [5, 5.41) is 6.35. The van der Waals surface area contributed by atoms with Gasteiger partial charge in [0.2, 0.25) is 17.7 Å². The van der Waals surface area contributed by atoms with Crippen LogP contribution < -0.4 is 10.6 Å². The van der Waals surface area contributed by atoms with Gasteiger partial charge >= 0.3 is 0 Å². The predicted molar refractivity (Wildman–Crippen MR) is 163 cm³/mol. The Balaban J connectivity index is 1.25. The van der Waals surface area contributed by atoms with Crippen molar-refractivity contribution in [2.45, 2.75) is 114 Å². The van der Waals surface area contributed by atoms with E-state index in [0.29, 0.717) is 24.2 Å². The number of nitrogens with one attached hydrogen (secondary N) is 2. The molecule has 3 saturated heterocycles. The number of hydrogen-bond donors (Lipinski definition) is 2. The lowest BCUT2D eigenvalue weighted by Gasteiger charge is -2.38. The van der Waals surface area contributed by atoms with Crippen molar-refractivity contribution in [2.75, 3.05) is 25.0 Å². The molecule has 228 valence electrons. The Morgan fingerprint density at radius 3 is 2.45 bits per heavy atom. The van der Waals surface area contributed by atoms with E-state index in [4.69, 9.17) is 4.74 Å². The summed E-state index contributed by atoms with van der Waals surface area (Å²) in [5.41, 5.74) is 0.788. The highest BCUT2D eigenvalue weighted by Gasteiger charge is 2.72. The molecule has 6 rings (SSSR count). The quantitative estimate of drug-likeness (QED) is 0.419. The molecule has 4 unspecified atom stereocenters. The molecule has 1 aromatic rings. The zero-order valence-electron chi connectivity index (χ0n) is 25.5. The van der Waals surface area contributed by atoms with Crippen molar-refractivity contribution in [1.29, 1.82) is 0 Å². The van der Waals surface area contributed by atoms with Crippen molar-refractivity contribution in [1.82, 2.24) is 15.1 Å².